The summed E-state index contributed by atoms with van der Waals surface area (Å²) in [5, 5.41) is 0.327. The van der Waals surface area contributed by atoms with E-state index < -0.39 is 17.7 Å². The number of fused-ring (bicyclic) bond motifs is 1. The van der Waals surface area contributed by atoms with E-state index in [0.717, 1.165) is 12.3 Å². The minimum Gasteiger partial charge on any atom is -0.346 e. The summed E-state index contributed by atoms with van der Waals surface area (Å²) in [5.74, 6) is -0.633. The molecule has 0 spiro atoms. The van der Waals surface area contributed by atoms with Crippen molar-refractivity contribution in [3.63, 3.8) is 0 Å². The molecular formula is C14H9F4N3. The third-order valence-electron chi connectivity index (χ3n) is 3.16. The largest absolute Gasteiger partial charge is 0.417 e. The van der Waals surface area contributed by atoms with Crippen molar-refractivity contribution in [3.8, 4) is 0 Å². The normalized spacial score (nSPS) is 12.0. The van der Waals surface area contributed by atoms with Crippen LogP contribution in [0.15, 0.2) is 36.8 Å². The Labute approximate surface area is 116 Å². The van der Waals surface area contributed by atoms with Gasteiger partial charge in [0.05, 0.1) is 5.56 Å². The van der Waals surface area contributed by atoms with E-state index in [4.69, 9.17) is 0 Å². The van der Waals surface area contributed by atoms with E-state index in [-0.39, 0.29) is 6.42 Å². The highest BCUT2D eigenvalue weighted by atomic mass is 19.4. The van der Waals surface area contributed by atoms with E-state index >= 15 is 0 Å². The maximum absolute atomic E-state index is 13.5. The standard InChI is InChI=1S/C14H9F4N3/c15-12-8(2-1-3-19-12)4-9-6-20-13-11(9)5-10(7-21-13)14(16,17)18/h1-3,5-7H,4H2,(H,20,21). The summed E-state index contributed by atoms with van der Waals surface area (Å²) in [7, 11) is 0. The Morgan fingerprint density at radius 1 is 1.14 bits per heavy atom. The molecule has 3 aromatic heterocycles. The van der Waals surface area contributed by atoms with Crippen LogP contribution in [-0.2, 0) is 12.6 Å². The quantitative estimate of drug-likeness (QED) is 0.578. The fourth-order valence-electron chi connectivity index (χ4n) is 2.12. The second kappa shape index (κ2) is 4.83. The molecule has 0 radical (unpaired) electrons. The number of rotatable bonds is 2. The van der Waals surface area contributed by atoms with Crippen molar-refractivity contribution in [3.05, 3.63) is 59.4 Å². The summed E-state index contributed by atoms with van der Waals surface area (Å²) in [6, 6.07) is 4.14. The number of halogens is 4. The van der Waals surface area contributed by atoms with Crippen LogP contribution in [0.5, 0.6) is 0 Å². The maximum Gasteiger partial charge on any atom is 0.417 e. The van der Waals surface area contributed by atoms with Crippen LogP contribution in [0.4, 0.5) is 17.6 Å². The number of hydrogen-bond acceptors (Lipinski definition) is 2. The molecule has 3 nitrogen and oxygen atoms in total. The van der Waals surface area contributed by atoms with Gasteiger partial charge >= 0.3 is 6.18 Å². The number of hydrogen-bond donors (Lipinski definition) is 1. The molecule has 0 aromatic carbocycles. The van der Waals surface area contributed by atoms with Crippen molar-refractivity contribution in [1.29, 1.82) is 0 Å². The van der Waals surface area contributed by atoms with Crippen molar-refractivity contribution in [2.24, 2.45) is 0 Å². The zero-order valence-corrected chi connectivity index (χ0v) is 10.6. The van der Waals surface area contributed by atoms with Gasteiger partial charge in [0, 0.05) is 36.0 Å². The van der Waals surface area contributed by atoms with E-state index in [1.807, 2.05) is 0 Å². The van der Waals surface area contributed by atoms with Crippen molar-refractivity contribution in [2.45, 2.75) is 12.6 Å². The first-order valence-electron chi connectivity index (χ1n) is 6.08. The average Bonchev–Trinajstić information content (AvgIpc) is 2.83. The molecule has 0 aliphatic carbocycles. The van der Waals surface area contributed by atoms with Gasteiger partial charge in [0.25, 0.3) is 0 Å². The zero-order chi connectivity index (χ0) is 15.0. The van der Waals surface area contributed by atoms with Gasteiger partial charge < -0.3 is 4.98 Å². The van der Waals surface area contributed by atoms with Crippen molar-refractivity contribution in [2.75, 3.05) is 0 Å². The molecule has 0 saturated heterocycles. The third-order valence-corrected chi connectivity index (χ3v) is 3.16. The number of alkyl halides is 3. The summed E-state index contributed by atoms with van der Waals surface area (Å²) in [6.45, 7) is 0. The van der Waals surface area contributed by atoms with Gasteiger partial charge in [-0.15, -0.1) is 0 Å². The number of H-pyrrole nitrogens is 1. The highest BCUT2D eigenvalue weighted by Gasteiger charge is 2.31. The molecule has 0 unspecified atom stereocenters. The van der Waals surface area contributed by atoms with Crippen LogP contribution in [-0.4, -0.2) is 15.0 Å². The monoisotopic (exact) mass is 295 g/mol. The molecule has 0 aliphatic heterocycles. The molecule has 0 saturated carbocycles. The Balaban J connectivity index is 2.05. The maximum atomic E-state index is 13.5. The zero-order valence-electron chi connectivity index (χ0n) is 10.6. The van der Waals surface area contributed by atoms with Gasteiger partial charge in [-0.25, -0.2) is 9.97 Å². The summed E-state index contributed by atoms with van der Waals surface area (Å²) < 4.78 is 51.7. The number of nitrogens with one attached hydrogen (secondary N) is 1. The number of aromatic nitrogens is 3. The first-order valence-corrected chi connectivity index (χ1v) is 6.08. The predicted octanol–water partition coefficient (Wildman–Crippen LogP) is 3.71. The van der Waals surface area contributed by atoms with Crippen molar-refractivity contribution >= 4 is 11.0 Å². The number of aromatic amines is 1. The topological polar surface area (TPSA) is 41.6 Å². The highest BCUT2D eigenvalue weighted by molar-refractivity contribution is 5.80. The Hall–Kier alpha value is -2.44. The summed E-state index contributed by atoms with van der Waals surface area (Å²) in [6.07, 6.45) is -0.702. The highest BCUT2D eigenvalue weighted by Crippen LogP contribution is 2.31. The first-order chi connectivity index (χ1) is 9.95. The molecule has 0 amide bonds. The fourth-order valence-corrected chi connectivity index (χ4v) is 2.12. The number of nitrogens with zero attached hydrogens (tertiary/aromatic N) is 2. The van der Waals surface area contributed by atoms with E-state index in [1.165, 1.54) is 12.4 Å². The van der Waals surface area contributed by atoms with E-state index in [0.29, 0.717) is 22.2 Å². The van der Waals surface area contributed by atoms with Gasteiger partial charge in [-0.2, -0.15) is 17.6 Å². The first kappa shape index (κ1) is 13.5. The lowest BCUT2D eigenvalue weighted by Gasteiger charge is -2.06. The van der Waals surface area contributed by atoms with Crippen LogP contribution in [0.2, 0.25) is 0 Å². The summed E-state index contributed by atoms with van der Waals surface area (Å²) >= 11 is 0. The minimum atomic E-state index is -4.46. The van der Waals surface area contributed by atoms with Crippen LogP contribution < -0.4 is 0 Å². The van der Waals surface area contributed by atoms with Crippen molar-refractivity contribution in [1.82, 2.24) is 15.0 Å². The fraction of sp³-hybridized carbons (Fsp3) is 0.143. The molecule has 0 fully saturated rings. The Morgan fingerprint density at radius 2 is 1.95 bits per heavy atom. The second-order valence-corrected chi connectivity index (χ2v) is 4.56. The van der Waals surface area contributed by atoms with E-state index in [9.17, 15) is 17.6 Å². The SMILES string of the molecule is Fc1ncccc1Cc1c[nH]c2ncc(C(F)(F)F)cc12. The van der Waals surface area contributed by atoms with Crippen molar-refractivity contribution < 1.29 is 17.6 Å². The Morgan fingerprint density at radius 3 is 2.67 bits per heavy atom. The molecule has 3 aromatic rings. The summed E-state index contributed by atoms with van der Waals surface area (Å²) in [4.78, 5) is 10.1. The van der Waals surface area contributed by atoms with Gasteiger partial charge in [0.1, 0.15) is 5.65 Å². The molecule has 3 heterocycles. The average molecular weight is 295 g/mol. The minimum absolute atomic E-state index is 0.142. The van der Waals surface area contributed by atoms with Crippen LogP contribution >= 0.6 is 0 Å². The van der Waals surface area contributed by atoms with Gasteiger partial charge in [-0.05, 0) is 17.7 Å². The van der Waals surface area contributed by atoms with Crippen LogP contribution in [0.25, 0.3) is 11.0 Å². The lowest BCUT2D eigenvalue weighted by molar-refractivity contribution is -0.137. The lowest BCUT2D eigenvalue weighted by atomic mass is 10.1. The molecule has 0 bridgehead atoms. The van der Waals surface area contributed by atoms with Gasteiger partial charge in [0.15, 0.2) is 0 Å². The molecule has 1 N–H and O–H groups in total. The van der Waals surface area contributed by atoms with Gasteiger partial charge in [0.2, 0.25) is 5.95 Å². The Bertz CT molecular complexity index is 792. The van der Waals surface area contributed by atoms with Gasteiger partial charge in [-0.3, -0.25) is 0 Å². The van der Waals surface area contributed by atoms with Gasteiger partial charge in [-0.1, -0.05) is 6.07 Å². The smallest absolute Gasteiger partial charge is 0.346 e. The van der Waals surface area contributed by atoms with Crippen LogP contribution in [0.3, 0.4) is 0 Å². The molecule has 0 aliphatic rings. The predicted molar refractivity (Wildman–Crippen MR) is 68.1 cm³/mol. The molecule has 0 atom stereocenters. The third kappa shape index (κ3) is 2.58. The molecule has 108 valence electrons. The summed E-state index contributed by atoms with van der Waals surface area (Å²) in [5.41, 5.74) is 0.358. The van der Waals surface area contributed by atoms with E-state index in [2.05, 4.69) is 15.0 Å². The van der Waals surface area contributed by atoms with Crippen LogP contribution in [0, 0.1) is 5.95 Å². The Kier molecular flexibility index (Phi) is 3.12. The molecular weight excluding hydrogens is 286 g/mol. The van der Waals surface area contributed by atoms with E-state index in [1.54, 1.807) is 12.1 Å². The van der Waals surface area contributed by atoms with Crippen LogP contribution in [0.1, 0.15) is 16.7 Å². The molecule has 21 heavy (non-hydrogen) atoms. The second-order valence-electron chi connectivity index (χ2n) is 4.56. The molecule has 7 heteroatoms. The lowest BCUT2D eigenvalue weighted by Crippen LogP contribution is -2.05. The molecule has 3 rings (SSSR count). The number of pyridine rings is 2.